The average Bonchev–Trinajstić information content (AvgIpc) is 3.12. The van der Waals surface area contributed by atoms with Crippen LogP contribution in [0.25, 0.3) is 27.9 Å². The van der Waals surface area contributed by atoms with Gasteiger partial charge in [0.05, 0.1) is 30.9 Å². The van der Waals surface area contributed by atoms with Gasteiger partial charge in [0.1, 0.15) is 28.4 Å². The fourth-order valence-corrected chi connectivity index (χ4v) is 3.94. The lowest BCUT2D eigenvalue weighted by Crippen LogP contribution is -2.25. The van der Waals surface area contributed by atoms with E-state index in [4.69, 9.17) is 25.2 Å². The molecular formula is C25H29N5O3. The van der Waals surface area contributed by atoms with Gasteiger partial charge in [0, 0.05) is 12.6 Å². The number of para-hydroxylation sites is 2. The molecule has 2 heterocycles. The Hall–Kier alpha value is -3.81. The number of aromatic nitrogens is 3. The van der Waals surface area contributed by atoms with Crippen molar-refractivity contribution in [2.45, 2.75) is 32.6 Å². The van der Waals surface area contributed by atoms with Crippen LogP contribution in [-0.4, -0.2) is 41.2 Å². The molecular weight excluding hydrogens is 418 g/mol. The molecule has 0 aliphatic carbocycles. The van der Waals surface area contributed by atoms with Crippen molar-refractivity contribution in [1.29, 1.82) is 0 Å². The van der Waals surface area contributed by atoms with Crippen LogP contribution in [0.1, 0.15) is 43.0 Å². The fourth-order valence-electron chi connectivity index (χ4n) is 3.94. The van der Waals surface area contributed by atoms with E-state index in [9.17, 15) is 4.79 Å². The number of unbranched alkanes of at least 4 members (excludes halogenated alkanes) is 3. The number of fused-ring (bicyclic) bond motifs is 2. The first-order valence-electron chi connectivity index (χ1n) is 11.2. The Morgan fingerprint density at radius 1 is 1.03 bits per heavy atom. The van der Waals surface area contributed by atoms with Crippen molar-refractivity contribution < 1.29 is 14.3 Å². The van der Waals surface area contributed by atoms with Gasteiger partial charge in [-0.15, -0.1) is 0 Å². The van der Waals surface area contributed by atoms with Gasteiger partial charge in [0.15, 0.2) is 5.65 Å². The number of nitrogens with zero attached hydrogens (tertiary/aromatic N) is 3. The molecule has 2 aromatic heterocycles. The first-order chi connectivity index (χ1) is 16.1. The lowest BCUT2D eigenvalue weighted by molar-refractivity contribution is 0.0955. The van der Waals surface area contributed by atoms with Crippen LogP contribution in [-0.2, 0) is 0 Å². The monoisotopic (exact) mass is 447 g/mol. The molecule has 8 heteroatoms. The molecule has 1 amide bonds. The predicted octanol–water partition coefficient (Wildman–Crippen LogP) is 4.48. The van der Waals surface area contributed by atoms with Crippen molar-refractivity contribution in [2.24, 2.45) is 0 Å². The standard InChI is InChI=1S/C25H29N5O3/c1-4-5-6-9-14-27-25(31)21-22-24(29-18-11-8-7-10-17(18)28-22)30(23(21)26)19-15-16(32-2)12-13-20(19)33-3/h7-8,10-13,15H,4-6,9,14,26H2,1-3H3,(H,27,31). The number of hydrogen-bond acceptors (Lipinski definition) is 6. The third kappa shape index (κ3) is 4.28. The minimum atomic E-state index is -0.265. The van der Waals surface area contributed by atoms with E-state index < -0.39 is 0 Å². The largest absolute Gasteiger partial charge is 0.497 e. The summed E-state index contributed by atoms with van der Waals surface area (Å²) in [6.07, 6.45) is 4.26. The van der Waals surface area contributed by atoms with Gasteiger partial charge in [0.25, 0.3) is 5.91 Å². The molecule has 0 saturated carbocycles. The number of hydrogen-bond donors (Lipinski definition) is 2. The summed E-state index contributed by atoms with van der Waals surface area (Å²) in [5, 5.41) is 3.00. The number of amides is 1. The van der Waals surface area contributed by atoms with Crippen molar-refractivity contribution >= 4 is 33.9 Å². The number of anilines is 1. The first kappa shape index (κ1) is 22.4. The molecule has 0 radical (unpaired) electrons. The van der Waals surface area contributed by atoms with E-state index in [1.165, 1.54) is 0 Å². The molecule has 33 heavy (non-hydrogen) atoms. The highest BCUT2D eigenvalue weighted by atomic mass is 16.5. The average molecular weight is 448 g/mol. The maximum atomic E-state index is 13.2. The number of carbonyl (C=O) groups excluding carboxylic acids is 1. The van der Waals surface area contributed by atoms with Crippen molar-refractivity contribution in [1.82, 2.24) is 19.9 Å². The number of nitrogens with two attached hydrogens (primary N) is 1. The van der Waals surface area contributed by atoms with E-state index in [0.29, 0.717) is 51.5 Å². The highest BCUT2D eigenvalue weighted by molar-refractivity contribution is 6.11. The van der Waals surface area contributed by atoms with E-state index in [-0.39, 0.29) is 11.7 Å². The number of ether oxygens (including phenoxy) is 2. The van der Waals surface area contributed by atoms with Gasteiger partial charge in [0.2, 0.25) is 0 Å². The molecule has 0 fully saturated rings. The van der Waals surface area contributed by atoms with Gasteiger partial charge in [-0.2, -0.15) is 0 Å². The molecule has 0 saturated heterocycles. The Bertz CT molecular complexity index is 1300. The molecule has 0 aliphatic rings. The molecule has 4 rings (SSSR count). The number of methoxy groups -OCH3 is 2. The van der Waals surface area contributed by atoms with E-state index in [1.807, 2.05) is 24.3 Å². The van der Waals surface area contributed by atoms with E-state index >= 15 is 0 Å². The highest BCUT2D eigenvalue weighted by Crippen LogP contribution is 2.36. The quantitative estimate of drug-likeness (QED) is 0.367. The van der Waals surface area contributed by atoms with Crippen LogP contribution in [0.5, 0.6) is 11.5 Å². The summed E-state index contributed by atoms with van der Waals surface area (Å²) in [5.74, 6) is 1.18. The molecule has 0 bridgehead atoms. The summed E-state index contributed by atoms with van der Waals surface area (Å²) in [6.45, 7) is 2.73. The highest BCUT2D eigenvalue weighted by Gasteiger charge is 2.26. The Balaban J connectivity index is 1.89. The smallest absolute Gasteiger partial charge is 0.257 e. The van der Waals surface area contributed by atoms with Crippen LogP contribution >= 0.6 is 0 Å². The van der Waals surface area contributed by atoms with Crippen LogP contribution in [0.4, 0.5) is 5.82 Å². The minimum absolute atomic E-state index is 0.248. The van der Waals surface area contributed by atoms with Gasteiger partial charge in [-0.3, -0.25) is 9.36 Å². The van der Waals surface area contributed by atoms with Crippen LogP contribution in [0.2, 0.25) is 0 Å². The third-order valence-corrected chi connectivity index (χ3v) is 5.67. The van der Waals surface area contributed by atoms with E-state index in [2.05, 4.69) is 12.2 Å². The van der Waals surface area contributed by atoms with Gasteiger partial charge in [-0.1, -0.05) is 38.3 Å². The molecule has 0 unspecified atom stereocenters. The molecule has 3 N–H and O–H groups in total. The maximum absolute atomic E-state index is 13.2. The lowest BCUT2D eigenvalue weighted by Gasteiger charge is -2.14. The summed E-state index contributed by atoms with van der Waals surface area (Å²) in [6, 6.07) is 12.9. The topological polar surface area (TPSA) is 104 Å². The summed E-state index contributed by atoms with van der Waals surface area (Å²) < 4.78 is 12.7. The van der Waals surface area contributed by atoms with Crippen LogP contribution in [0.15, 0.2) is 42.5 Å². The zero-order valence-corrected chi connectivity index (χ0v) is 19.2. The van der Waals surface area contributed by atoms with Crippen LogP contribution in [0.3, 0.4) is 0 Å². The van der Waals surface area contributed by atoms with Crippen LogP contribution in [0, 0.1) is 0 Å². The fraction of sp³-hybridized carbons (Fsp3) is 0.320. The Kier molecular flexibility index (Phi) is 6.63. The molecule has 4 aromatic rings. The van der Waals surface area contributed by atoms with Crippen molar-refractivity contribution in [3.63, 3.8) is 0 Å². The second kappa shape index (κ2) is 9.77. The molecule has 0 atom stereocenters. The van der Waals surface area contributed by atoms with Crippen molar-refractivity contribution in [3.8, 4) is 17.2 Å². The summed E-state index contributed by atoms with van der Waals surface area (Å²) in [4.78, 5) is 22.8. The molecule has 2 aromatic carbocycles. The van der Waals surface area contributed by atoms with E-state index in [1.54, 1.807) is 37.0 Å². The Labute approximate surface area is 192 Å². The normalized spacial score (nSPS) is 11.1. The third-order valence-electron chi connectivity index (χ3n) is 5.67. The van der Waals surface area contributed by atoms with Crippen molar-refractivity contribution in [2.75, 3.05) is 26.5 Å². The summed E-state index contributed by atoms with van der Waals surface area (Å²) >= 11 is 0. The van der Waals surface area contributed by atoms with Gasteiger partial charge in [-0.25, -0.2) is 9.97 Å². The zero-order chi connectivity index (χ0) is 23.4. The second-order valence-corrected chi connectivity index (χ2v) is 7.83. The SMILES string of the molecule is CCCCCCNC(=O)c1c(N)n(-c2cc(OC)ccc2OC)c2nc3ccccc3nc12. The lowest BCUT2D eigenvalue weighted by atomic mass is 10.2. The number of nitrogens with one attached hydrogen (secondary N) is 1. The zero-order valence-electron chi connectivity index (χ0n) is 19.2. The first-order valence-corrected chi connectivity index (χ1v) is 11.2. The number of nitrogen functional groups attached to an aromatic ring is 1. The number of benzene rings is 2. The molecule has 0 aliphatic heterocycles. The van der Waals surface area contributed by atoms with Gasteiger partial charge >= 0.3 is 0 Å². The maximum Gasteiger partial charge on any atom is 0.257 e. The molecule has 8 nitrogen and oxygen atoms in total. The predicted molar refractivity (Wildman–Crippen MR) is 130 cm³/mol. The van der Waals surface area contributed by atoms with Crippen molar-refractivity contribution in [3.05, 3.63) is 48.0 Å². The molecule has 0 spiro atoms. The summed E-state index contributed by atoms with van der Waals surface area (Å²) in [5.41, 5.74) is 9.85. The van der Waals surface area contributed by atoms with E-state index in [0.717, 1.165) is 25.7 Å². The second-order valence-electron chi connectivity index (χ2n) is 7.83. The van der Waals surface area contributed by atoms with Crippen LogP contribution < -0.4 is 20.5 Å². The minimum Gasteiger partial charge on any atom is -0.497 e. The van der Waals surface area contributed by atoms with Gasteiger partial charge < -0.3 is 20.5 Å². The van der Waals surface area contributed by atoms with Gasteiger partial charge in [-0.05, 0) is 30.7 Å². The number of carbonyl (C=O) groups is 1. The number of rotatable bonds is 9. The Morgan fingerprint density at radius 2 is 1.79 bits per heavy atom. The Morgan fingerprint density at radius 3 is 2.48 bits per heavy atom. The summed E-state index contributed by atoms with van der Waals surface area (Å²) in [7, 11) is 3.17. The molecule has 172 valence electrons.